The van der Waals surface area contributed by atoms with Crippen LogP contribution in [0.15, 0.2) is 30.3 Å². The fourth-order valence-corrected chi connectivity index (χ4v) is 3.20. The van der Waals surface area contributed by atoms with E-state index < -0.39 is 53.3 Å². The Morgan fingerprint density at radius 3 is 2.48 bits per heavy atom. The normalized spacial score (nSPS) is 30.0. The average Bonchev–Trinajstić information content (AvgIpc) is 2.58. The van der Waals surface area contributed by atoms with Crippen LogP contribution in [0.1, 0.15) is 10.4 Å². The molecular formula is C15H21NO8S. The first-order chi connectivity index (χ1) is 11.8. The third kappa shape index (κ3) is 4.97. The van der Waals surface area contributed by atoms with E-state index >= 15 is 0 Å². The van der Waals surface area contributed by atoms with Crippen LogP contribution in [0.5, 0.6) is 0 Å². The Bertz CT molecular complexity index is 680. The van der Waals surface area contributed by atoms with Crippen LogP contribution < -0.4 is 5.32 Å². The summed E-state index contributed by atoms with van der Waals surface area (Å²) in [7, 11) is -2.67. The van der Waals surface area contributed by atoms with Gasteiger partial charge in [0.15, 0.2) is 6.29 Å². The standard InChI is InChI=1S/C15H21NO8S/c1-22-15-11(16-14(19)9-6-4-3-5-7-9)13(24-25(2,20)21)12(18)10(8-17)23-15/h3-7,10-13,15,17-18H,8H2,1-2H3,(H,16,19)/t10-,11+,12-,13+,15-/m1/s1. The lowest BCUT2D eigenvalue weighted by Gasteiger charge is -2.43. The van der Waals surface area contributed by atoms with Gasteiger partial charge in [-0.15, -0.1) is 0 Å². The molecule has 0 aliphatic carbocycles. The van der Waals surface area contributed by atoms with Gasteiger partial charge in [0.05, 0.1) is 12.9 Å². The Hall–Kier alpha value is -1.56. The minimum Gasteiger partial charge on any atom is -0.394 e. The minimum atomic E-state index is -3.96. The average molecular weight is 375 g/mol. The molecule has 0 radical (unpaired) electrons. The molecule has 3 N–H and O–H groups in total. The molecule has 1 amide bonds. The number of carbonyl (C=O) groups is 1. The highest BCUT2D eigenvalue weighted by Crippen LogP contribution is 2.25. The zero-order valence-corrected chi connectivity index (χ0v) is 14.5. The first-order valence-electron chi connectivity index (χ1n) is 7.48. The van der Waals surface area contributed by atoms with E-state index in [4.69, 9.17) is 13.7 Å². The van der Waals surface area contributed by atoms with Crippen molar-refractivity contribution in [1.82, 2.24) is 5.32 Å². The van der Waals surface area contributed by atoms with Gasteiger partial charge in [0.25, 0.3) is 16.0 Å². The van der Waals surface area contributed by atoms with E-state index in [-0.39, 0.29) is 0 Å². The quantitative estimate of drug-likeness (QED) is 0.532. The number of aliphatic hydroxyl groups excluding tert-OH is 2. The summed E-state index contributed by atoms with van der Waals surface area (Å²) < 4.78 is 38.5. The van der Waals surface area contributed by atoms with Gasteiger partial charge in [-0.05, 0) is 12.1 Å². The fraction of sp³-hybridized carbons (Fsp3) is 0.533. The van der Waals surface area contributed by atoms with Gasteiger partial charge in [0.1, 0.15) is 24.4 Å². The summed E-state index contributed by atoms with van der Waals surface area (Å²) in [6.07, 6.45) is -4.31. The minimum absolute atomic E-state index is 0.328. The molecule has 0 bridgehead atoms. The number of rotatable bonds is 6. The lowest BCUT2D eigenvalue weighted by Crippen LogP contribution is -2.65. The van der Waals surface area contributed by atoms with Crippen molar-refractivity contribution in [2.24, 2.45) is 0 Å². The van der Waals surface area contributed by atoms with Crippen molar-refractivity contribution in [2.75, 3.05) is 20.0 Å². The van der Waals surface area contributed by atoms with Crippen LogP contribution in [0.3, 0.4) is 0 Å². The van der Waals surface area contributed by atoms with E-state index in [1.807, 2.05) is 0 Å². The van der Waals surface area contributed by atoms with Crippen molar-refractivity contribution >= 4 is 16.0 Å². The van der Waals surface area contributed by atoms with Crippen LogP contribution in [0.2, 0.25) is 0 Å². The van der Waals surface area contributed by atoms with Crippen LogP contribution in [0.4, 0.5) is 0 Å². The summed E-state index contributed by atoms with van der Waals surface area (Å²) in [4.78, 5) is 12.4. The largest absolute Gasteiger partial charge is 0.394 e. The van der Waals surface area contributed by atoms with Gasteiger partial charge in [0, 0.05) is 12.7 Å². The van der Waals surface area contributed by atoms with Crippen molar-refractivity contribution in [2.45, 2.75) is 30.6 Å². The summed E-state index contributed by atoms with van der Waals surface area (Å²) in [6, 6.07) is 7.09. The highest BCUT2D eigenvalue weighted by molar-refractivity contribution is 7.86. The monoisotopic (exact) mass is 375 g/mol. The molecule has 1 aromatic carbocycles. The van der Waals surface area contributed by atoms with Crippen LogP contribution in [-0.4, -0.2) is 75.2 Å². The van der Waals surface area contributed by atoms with E-state index in [2.05, 4.69) is 5.32 Å². The molecule has 1 aliphatic rings. The third-order valence-corrected chi connectivity index (χ3v) is 4.28. The molecule has 10 heteroatoms. The van der Waals surface area contributed by atoms with Crippen LogP contribution in [-0.2, 0) is 23.8 Å². The SMILES string of the molecule is CO[C@@H]1O[C@H](CO)[C@@H](O)[C@@H](OS(C)(=O)=O)[C@@H]1NC(=O)c1ccccc1. The lowest BCUT2D eigenvalue weighted by molar-refractivity contribution is -0.256. The van der Waals surface area contributed by atoms with E-state index in [9.17, 15) is 23.4 Å². The molecule has 1 heterocycles. The highest BCUT2D eigenvalue weighted by atomic mass is 32.2. The second kappa shape index (κ2) is 8.21. The molecule has 9 nitrogen and oxygen atoms in total. The van der Waals surface area contributed by atoms with E-state index in [1.165, 1.54) is 7.11 Å². The van der Waals surface area contributed by atoms with Gasteiger partial charge in [-0.2, -0.15) is 8.42 Å². The summed E-state index contributed by atoms with van der Waals surface area (Å²) >= 11 is 0. The number of methoxy groups -OCH3 is 1. The Kier molecular flexibility index (Phi) is 6.49. The summed E-state index contributed by atoms with van der Waals surface area (Å²) in [5.74, 6) is -0.520. The Morgan fingerprint density at radius 2 is 1.96 bits per heavy atom. The Morgan fingerprint density at radius 1 is 1.32 bits per heavy atom. The molecule has 0 spiro atoms. The second-order valence-electron chi connectivity index (χ2n) is 5.58. The topological polar surface area (TPSA) is 131 Å². The summed E-state index contributed by atoms with van der Waals surface area (Å²) in [5.41, 5.74) is 0.328. The van der Waals surface area contributed by atoms with Crippen molar-refractivity contribution in [3.8, 4) is 0 Å². The molecule has 1 aliphatic heterocycles. The molecule has 0 aromatic heterocycles. The van der Waals surface area contributed by atoms with Gasteiger partial charge in [-0.3, -0.25) is 8.98 Å². The molecule has 1 saturated heterocycles. The smallest absolute Gasteiger partial charge is 0.264 e. The number of aliphatic hydroxyl groups is 2. The number of nitrogens with one attached hydrogen (secondary N) is 1. The molecule has 1 aromatic rings. The lowest BCUT2D eigenvalue weighted by atomic mass is 9.96. The molecule has 1 fully saturated rings. The van der Waals surface area contributed by atoms with Crippen LogP contribution >= 0.6 is 0 Å². The van der Waals surface area contributed by atoms with Crippen LogP contribution in [0, 0.1) is 0 Å². The predicted octanol–water partition coefficient (Wildman–Crippen LogP) is -1.15. The molecule has 25 heavy (non-hydrogen) atoms. The van der Waals surface area contributed by atoms with E-state index in [0.717, 1.165) is 6.26 Å². The Labute approximate surface area is 145 Å². The number of benzene rings is 1. The predicted molar refractivity (Wildman–Crippen MR) is 86.2 cm³/mol. The van der Waals surface area contributed by atoms with Gasteiger partial charge < -0.3 is 25.0 Å². The maximum atomic E-state index is 12.4. The zero-order chi connectivity index (χ0) is 18.6. The van der Waals surface area contributed by atoms with Crippen molar-refractivity contribution in [1.29, 1.82) is 0 Å². The summed E-state index contributed by atoms with van der Waals surface area (Å²) in [6.45, 7) is -0.579. The number of hydrogen-bond donors (Lipinski definition) is 3. The fourth-order valence-electron chi connectivity index (χ4n) is 2.56. The highest BCUT2D eigenvalue weighted by Gasteiger charge is 2.48. The molecule has 0 unspecified atom stereocenters. The number of carbonyl (C=O) groups excluding carboxylic acids is 1. The maximum absolute atomic E-state index is 12.4. The number of hydrogen-bond acceptors (Lipinski definition) is 8. The molecule has 0 saturated carbocycles. The van der Waals surface area contributed by atoms with Gasteiger partial charge in [-0.25, -0.2) is 0 Å². The first kappa shape index (κ1) is 19.8. The third-order valence-electron chi connectivity index (χ3n) is 3.71. The van der Waals surface area contributed by atoms with Crippen molar-refractivity contribution in [3.63, 3.8) is 0 Å². The number of amides is 1. The van der Waals surface area contributed by atoms with Crippen molar-refractivity contribution < 1.29 is 37.1 Å². The number of ether oxygens (including phenoxy) is 2. The summed E-state index contributed by atoms with van der Waals surface area (Å²) in [5, 5.41) is 22.1. The molecule has 140 valence electrons. The molecule has 5 atom stereocenters. The Balaban J connectivity index is 2.29. The zero-order valence-electron chi connectivity index (χ0n) is 13.7. The maximum Gasteiger partial charge on any atom is 0.264 e. The van der Waals surface area contributed by atoms with Crippen molar-refractivity contribution in [3.05, 3.63) is 35.9 Å². The second-order valence-corrected chi connectivity index (χ2v) is 7.18. The first-order valence-corrected chi connectivity index (χ1v) is 9.30. The van der Waals surface area contributed by atoms with Gasteiger partial charge >= 0.3 is 0 Å². The van der Waals surface area contributed by atoms with Crippen LogP contribution in [0.25, 0.3) is 0 Å². The van der Waals surface area contributed by atoms with E-state index in [0.29, 0.717) is 5.56 Å². The van der Waals surface area contributed by atoms with Gasteiger partial charge in [-0.1, -0.05) is 18.2 Å². The molecular weight excluding hydrogens is 354 g/mol. The molecule has 2 rings (SSSR count). The van der Waals surface area contributed by atoms with Gasteiger partial charge in [0.2, 0.25) is 0 Å². The van der Waals surface area contributed by atoms with E-state index in [1.54, 1.807) is 30.3 Å².